The van der Waals surface area contributed by atoms with E-state index in [1.807, 2.05) is 12.1 Å². The van der Waals surface area contributed by atoms with Crippen LogP contribution >= 0.6 is 0 Å². The highest BCUT2D eigenvalue weighted by atomic mass is 15.1. The Bertz CT molecular complexity index is 4410. The fourth-order valence-corrected chi connectivity index (χ4v) is 12.5. The first-order valence-corrected chi connectivity index (χ1v) is 26.5. The summed E-state index contributed by atoms with van der Waals surface area (Å²) in [5.74, 6) is 0. The Labute approximate surface area is 449 Å². The van der Waals surface area contributed by atoms with E-state index < -0.39 is 5.41 Å². The molecule has 0 unspecified atom stereocenters. The lowest BCUT2D eigenvalue weighted by Crippen LogP contribution is -2.28. The quantitative estimate of drug-likeness (QED) is 0.106. The van der Waals surface area contributed by atoms with E-state index in [9.17, 15) is 5.26 Å². The molecule has 0 amide bonds. The predicted molar refractivity (Wildman–Crippen MR) is 324 cm³/mol. The summed E-state index contributed by atoms with van der Waals surface area (Å²) in [6.07, 6.45) is 4.51. The molecule has 0 saturated carbocycles. The molecule has 0 fully saturated rings. The number of aryl methyl sites for hydroxylation is 1. The molecule has 360 valence electrons. The molecular weight excluding hydrogens is 929 g/mol. The number of anilines is 3. The highest BCUT2D eigenvalue weighted by molar-refractivity contribution is 6.24. The Kier molecular flexibility index (Phi) is 11.1. The maximum absolute atomic E-state index is 10.1. The van der Waals surface area contributed by atoms with E-state index in [-0.39, 0.29) is 0 Å². The molecule has 0 aromatic heterocycles. The van der Waals surface area contributed by atoms with Crippen LogP contribution in [0.4, 0.5) is 17.1 Å². The molecular formula is C75H50N2. The van der Waals surface area contributed by atoms with Crippen LogP contribution in [0.1, 0.15) is 44.5 Å². The average Bonchev–Trinajstić information content (AvgIpc) is 3.86. The molecule has 77 heavy (non-hydrogen) atoms. The zero-order valence-electron chi connectivity index (χ0n) is 42.5. The van der Waals surface area contributed by atoms with Crippen molar-refractivity contribution in [3.8, 4) is 39.4 Å². The molecule has 1 aliphatic carbocycles. The van der Waals surface area contributed by atoms with Crippen molar-refractivity contribution in [3.05, 3.63) is 317 Å². The predicted octanol–water partition coefficient (Wildman–Crippen LogP) is 19.8. The zero-order chi connectivity index (χ0) is 51.5. The van der Waals surface area contributed by atoms with Gasteiger partial charge in [-0.1, -0.05) is 236 Å². The highest BCUT2D eigenvalue weighted by Gasteiger charge is 2.46. The maximum atomic E-state index is 10.1. The van der Waals surface area contributed by atoms with E-state index >= 15 is 0 Å². The van der Waals surface area contributed by atoms with E-state index in [4.69, 9.17) is 0 Å². The second-order valence-electron chi connectivity index (χ2n) is 20.3. The van der Waals surface area contributed by atoms with Gasteiger partial charge in [-0.25, -0.2) is 0 Å². The molecule has 13 aromatic carbocycles. The Morgan fingerprint density at radius 1 is 0.364 bits per heavy atom. The summed E-state index contributed by atoms with van der Waals surface area (Å²) in [5.41, 5.74) is 19.0. The van der Waals surface area contributed by atoms with Crippen LogP contribution in [0.3, 0.4) is 0 Å². The van der Waals surface area contributed by atoms with Crippen LogP contribution in [0.5, 0.6) is 0 Å². The van der Waals surface area contributed by atoms with Crippen LogP contribution < -0.4 is 4.90 Å². The topological polar surface area (TPSA) is 27.0 Å². The summed E-state index contributed by atoms with van der Waals surface area (Å²) < 4.78 is 0. The number of benzene rings is 13. The molecule has 0 spiro atoms. The molecule has 2 nitrogen and oxygen atoms in total. The molecule has 0 atom stereocenters. The summed E-state index contributed by atoms with van der Waals surface area (Å²) in [4.78, 5) is 2.34. The lowest BCUT2D eigenvalue weighted by molar-refractivity contribution is 0.768. The number of nitrogens with zero attached hydrogens (tertiary/aromatic N) is 2. The van der Waals surface area contributed by atoms with Crippen molar-refractivity contribution in [1.29, 1.82) is 5.26 Å². The molecule has 0 saturated heterocycles. The van der Waals surface area contributed by atoms with Crippen molar-refractivity contribution >= 4 is 72.3 Å². The molecule has 2 heteroatoms. The average molecular weight is 979 g/mol. The van der Waals surface area contributed by atoms with E-state index in [1.165, 1.54) is 88.0 Å². The normalized spacial score (nSPS) is 12.5. The monoisotopic (exact) mass is 978 g/mol. The van der Waals surface area contributed by atoms with E-state index in [0.717, 1.165) is 44.5 Å². The van der Waals surface area contributed by atoms with Crippen LogP contribution in [-0.4, -0.2) is 0 Å². The van der Waals surface area contributed by atoms with Gasteiger partial charge in [-0.3, -0.25) is 0 Å². The Morgan fingerprint density at radius 3 is 1.48 bits per heavy atom. The molecule has 0 aliphatic heterocycles. The van der Waals surface area contributed by atoms with Crippen molar-refractivity contribution < 1.29 is 0 Å². The van der Waals surface area contributed by atoms with Crippen LogP contribution in [0.2, 0.25) is 0 Å². The molecule has 0 heterocycles. The Hall–Kier alpha value is -10.1. The number of fused-ring (bicyclic) bond motifs is 7. The van der Waals surface area contributed by atoms with Gasteiger partial charge in [0.15, 0.2) is 0 Å². The van der Waals surface area contributed by atoms with Gasteiger partial charge in [0.2, 0.25) is 0 Å². The van der Waals surface area contributed by atoms with Crippen molar-refractivity contribution in [2.75, 3.05) is 4.90 Å². The van der Waals surface area contributed by atoms with Gasteiger partial charge in [0.1, 0.15) is 0 Å². The van der Waals surface area contributed by atoms with Crippen molar-refractivity contribution in [2.24, 2.45) is 0 Å². The first-order valence-electron chi connectivity index (χ1n) is 26.5. The van der Waals surface area contributed by atoms with Gasteiger partial charge in [-0.05, 0) is 166 Å². The Morgan fingerprint density at radius 2 is 0.844 bits per heavy atom. The third kappa shape index (κ3) is 7.55. The summed E-state index contributed by atoms with van der Waals surface area (Å²) in [7, 11) is 0. The summed E-state index contributed by atoms with van der Waals surface area (Å²) in [6, 6.07) is 102. The molecule has 14 rings (SSSR count). The van der Waals surface area contributed by atoms with Crippen LogP contribution in [0.25, 0.3) is 88.6 Å². The lowest BCUT2D eigenvalue weighted by Gasteiger charge is -2.34. The highest BCUT2D eigenvalue weighted by Crippen LogP contribution is 2.58. The fraction of sp³-hybridized carbons (Fsp3) is 0.0267. The maximum Gasteiger partial charge on any atom is 0.0998 e. The summed E-state index contributed by atoms with van der Waals surface area (Å²) in [5, 5.41) is 19.4. The van der Waals surface area contributed by atoms with Gasteiger partial charge in [0.05, 0.1) is 17.0 Å². The number of hydrogen-bond acceptors (Lipinski definition) is 2. The SMILES string of the molecule is Cc1ccc(N(c2ccc(/C=C/c3ccc4c(c3)C(c3ccccc3)(c3ccccc3)c3cc(-c5c6ccccc6c(-c6ccc(C#N)c7ccccc67)c6ccccc56)ccc3-4)cc2)c2ccc3ccccc3c2)cc1. The van der Waals surface area contributed by atoms with Gasteiger partial charge in [-0.15, -0.1) is 0 Å². The fourth-order valence-electron chi connectivity index (χ4n) is 12.5. The molecule has 1 aliphatic rings. The second kappa shape index (κ2) is 18.7. The van der Waals surface area contributed by atoms with E-state index in [2.05, 4.69) is 291 Å². The van der Waals surface area contributed by atoms with Crippen LogP contribution in [-0.2, 0) is 5.41 Å². The van der Waals surface area contributed by atoms with E-state index in [1.54, 1.807) is 0 Å². The number of hydrogen-bond donors (Lipinski definition) is 0. The second-order valence-corrected chi connectivity index (χ2v) is 20.3. The molecule has 0 bridgehead atoms. The first kappa shape index (κ1) is 45.5. The van der Waals surface area contributed by atoms with Crippen LogP contribution in [0.15, 0.2) is 273 Å². The summed E-state index contributed by atoms with van der Waals surface area (Å²) >= 11 is 0. The van der Waals surface area contributed by atoms with Crippen molar-refractivity contribution in [2.45, 2.75) is 12.3 Å². The number of nitriles is 1. The molecule has 0 radical (unpaired) electrons. The lowest BCUT2D eigenvalue weighted by atomic mass is 9.67. The Balaban J connectivity index is 0.902. The third-order valence-corrected chi connectivity index (χ3v) is 16.0. The largest absolute Gasteiger partial charge is 0.310 e. The van der Waals surface area contributed by atoms with Gasteiger partial charge in [-0.2, -0.15) is 5.26 Å². The summed E-state index contributed by atoms with van der Waals surface area (Å²) in [6.45, 7) is 2.14. The minimum atomic E-state index is -0.621. The van der Waals surface area contributed by atoms with Crippen molar-refractivity contribution in [3.63, 3.8) is 0 Å². The molecule has 13 aromatic rings. The van der Waals surface area contributed by atoms with Gasteiger partial charge in [0.25, 0.3) is 0 Å². The zero-order valence-corrected chi connectivity index (χ0v) is 42.5. The van der Waals surface area contributed by atoms with Crippen molar-refractivity contribution in [1.82, 2.24) is 0 Å². The minimum absolute atomic E-state index is 0.621. The third-order valence-electron chi connectivity index (χ3n) is 16.0. The van der Waals surface area contributed by atoms with Crippen LogP contribution in [0, 0.1) is 18.3 Å². The molecule has 0 N–H and O–H groups in total. The van der Waals surface area contributed by atoms with Gasteiger partial charge >= 0.3 is 0 Å². The van der Waals surface area contributed by atoms with E-state index in [0.29, 0.717) is 5.56 Å². The van der Waals surface area contributed by atoms with Gasteiger partial charge < -0.3 is 4.90 Å². The first-order chi connectivity index (χ1) is 38.0. The minimum Gasteiger partial charge on any atom is -0.310 e. The standard InChI is InChI=1S/C75H50N2/c1-50-28-38-59(39-29-50)77(61-42-35-53-16-8-9-17-54(53)47-61)60-40-32-51(33-41-60)30-31-52-34-43-64-65-44-36-55(48-72(65)75(71(64)46-52,57-18-4-2-5-19-57)58-20-6-3-7-21-58)73-66-24-12-14-26-68(66)74(69-27-15-13-25-67(69)73)70-45-37-56(49-76)62-22-10-11-23-63(62)70/h2-48H,1H3/b31-30+. The number of rotatable bonds is 9. The van der Waals surface area contributed by atoms with Gasteiger partial charge in [0, 0.05) is 22.4 Å². The smallest absolute Gasteiger partial charge is 0.0998 e.